The molecule has 0 radical (unpaired) electrons. The van der Waals surface area contributed by atoms with Crippen LogP contribution >= 0.6 is 15.9 Å². The van der Waals surface area contributed by atoms with Crippen molar-refractivity contribution >= 4 is 27.6 Å². The third-order valence-electron chi connectivity index (χ3n) is 2.58. The number of benzene rings is 2. The van der Waals surface area contributed by atoms with Crippen LogP contribution in [0.5, 0.6) is 5.75 Å². The first-order chi connectivity index (χ1) is 9.08. The van der Waals surface area contributed by atoms with Gasteiger partial charge in [0.05, 0.1) is 0 Å². The predicted octanol–water partition coefficient (Wildman–Crippen LogP) is 3.31. The van der Waals surface area contributed by atoms with Crippen molar-refractivity contribution in [1.29, 1.82) is 0 Å². The lowest BCUT2D eigenvalue weighted by Crippen LogP contribution is -2.04. The van der Waals surface area contributed by atoms with Crippen LogP contribution in [0, 0.1) is 0 Å². The fraction of sp³-hybridized carbons (Fsp3) is 0.0714. The second kappa shape index (κ2) is 5.75. The third kappa shape index (κ3) is 3.26. The van der Waals surface area contributed by atoms with Crippen molar-refractivity contribution in [3.63, 3.8) is 0 Å². The van der Waals surface area contributed by atoms with Crippen LogP contribution in [0.3, 0.4) is 0 Å². The Morgan fingerprint density at radius 1 is 1.26 bits per heavy atom. The lowest BCUT2D eigenvalue weighted by Gasteiger charge is -2.10. The van der Waals surface area contributed by atoms with E-state index in [9.17, 15) is 4.79 Å². The Morgan fingerprint density at radius 3 is 2.68 bits per heavy atom. The van der Waals surface area contributed by atoms with Crippen LogP contribution < -0.4 is 10.5 Å². The average Bonchev–Trinajstić information content (AvgIpc) is 2.38. The van der Waals surface area contributed by atoms with Crippen LogP contribution in [-0.4, -0.2) is 11.1 Å². The highest BCUT2D eigenvalue weighted by molar-refractivity contribution is 9.10. The van der Waals surface area contributed by atoms with Crippen LogP contribution in [0.25, 0.3) is 0 Å². The Hall–Kier alpha value is -2.01. The van der Waals surface area contributed by atoms with Crippen LogP contribution in [0.1, 0.15) is 15.9 Å². The van der Waals surface area contributed by atoms with Crippen molar-refractivity contribution in [3.8, 4) is 5.75 Å². The largest absolute Gasteiger partial charge is 0.488 e. The molecule has 0 atom stereocenters. The molecule has 0 bridgehead atoms. The number of carboxylic acid groups (broad SMARTS) is 1. The standard InChI is InChI=1S/C14H12BrNO3/c15-12-4-2-1-3-9(12)8-19-13-6-5-10(16)7-11(13)14(17)18/h1-7H,8,16H2,(H,17,18). The lowest BCUT2D eigenvalue weighted by atomic mass is 10.2. The molecule has 0 aromatic heterocycles. The van der Waals surface area contributed by atoms with Gasteiger partial charge >= 0.3 is 5.97 Å². The molecule has 2 rings (SSSR count). The van der Waals surface area contributed by atoms with Gasteiger partial charge in [-0.3, -0.25) is 0 Å². The van der Waals surface area contributed by atoms with Gasteiger partial charge in [0, 0.05) is 15.7 Å². The van der Waals surface area contributed by atoms with Crippen molar-refractivity contribution in [2.24, 2.45) is 0 Å². The van der Waals surface area contributed by atoms with E-state index in [0.29, 0.717) is 11.4 Å². The van der Waals surface area contributed by atoms with Gasteiger partial charge in [-0.05, 0) is 24.3 Å². The van der Waals surface area contributed by atoms with Crippen molar-refractivity contribution < 1.29 is 14.6 Å². The summed E-state index contributed by atoms with van der Waals surface area (Å²) in [5.74, 6) is -0.758. The number of hydrogen-bond acceptors (Lipinski definition) is 3. The Bertz CT molecular complexity index is 613. The molecule has 2 aromatic rings. The zero-order chi connectivity index (χ0) is 13.8. The van der Waals surface area contributed by atoms with Crippen LogP contribution in [0.4, 0.5) is 5.69 Å². The Morgan fingerprint density at radius 2 is 2.00 bits per heavy atom. The molecule has 0 aliphatic carbocycles. The summed E-state index contributed by atoms with van der Waals surface area (Å²) in [5, 5.41) is 9.10. The van der Waals surface area contributed by atoms with Crippen molar-refractivity contribution in [1.82, 2.24) is 0 Å². The summed E-state index contributed by atoms with van der Waals surface area (Å²) in [6.07, 6.45) is 0. The van der Waals surface area contributed by atoms with Gasteiger partial charge in [-0.1, -0.05) is 34.1 Å². The molecular weight excluding hydrogens is 310 g/mol. The number of aromatic carboxylic acids is 1. The molecule has 0 unspecified atom stereocenters. The molecule has 0 aliphatic rings. The maximum atomic E-state index is 11.1. The zero-order valence-electron chi connectivity index (χ0n) is 9.97. The molecule has 5 heteroatoms. The van der Waals surface area contributed by atoms with E-state index < -0.39 is 5.97 Å². The molecule has 0 heterocycles. The summed E-state index contributed by atoms with van der Waals surface area (Å²) in [6.45, 7) is 0.283. The summed E-state index contributed by atoms with van der Waals surface area (Å²) in [6, 6.07) is 12.2. The second-order valence-electron chi connectivity index (χ2n) is 3.94. The van der Waals surface area contributed by atoms with Crippen LogP contribution in [-0.2, 0) is 6.61 Å². The maximum absolute atomic E-state index is 11.1. The minimum Gasteiger partial charge on any atom is -0.488 e. The van der Waals surface area contributed by atoms with Gasteiger partial charge in [0.1, 0.15) is 17.9 Å². The molecule has 0 spiro atoms. The summed E-state index contributed by atoms with van der Waals surface area (Å²) in [5.41, 5.74) is 6.97. The van der Waals surface area contributed by atoms with Crippen LogP contribution in [0.15, 0.2) is 46.9 Å². The SMILES string of the molecule is Nc1ccc(OCc2ccccc2Br)c(C(=O)O)c1. The highest BCUT2D eigenvalue weighted by Gasteiger charge is 2.12. The Labute approximate surface area is 118 Å². The Kier molecular flexibility index (Phi) is 4.06. The smallest absolute Gasteiger partial charge is 0.339 e. The van der Waals surface area contributed by atoms with E-state index in [1.807, 2.05) is 24.3 Å². The number of rotatable bonds is 4. The minimum atomic E-state index is -1.06. The van der Waals surface area contributed by atoms with E-state index >= 15 is 0 Å². The number of nitrogens with two attached hydrogens (primary N) is 1. The van der Waals surface area contributed by atoms with E-state index in [-0.39, 0.29) is 12.2 Å². The lowest BCUT2D eigenvalue weighted by molar-refractivity contribution is 0.0692. The summed E-state index contributed by atoms with van der Waals surface area (Å²) in [7, 11) is 0. The topological polar surface area (TPSA) is 72.5 Å². The summed E-state index contributed by atoms with van der Waals surface area (Å²) < 4.78 is 6.47. The number of halogens is 1. The number of nitrogen functional groups attached to an aromatic ring is 1. The van der Waals surface area contributed by atoms with Crippen molar-refractivity contribution in [2.75, 3.05) is 5.73 Å². The molecule has 98 valence electrons. The molecule has 2 aromatic carbocycles. The molecule has 0 amide bonds. The number of ether oxygens (including phenoxy) is 1. The number of carbonyl (C=O) groups is 1. The molecule has 4 nitrogen and oxygen atoms in total. The fourth-order valence-electron chi connectivity index (χ4n) is 1.61. The highest BCUT2D eigenvalue weighted by Crippen LogP contribution is 2.24. The average molecular weight is 322 g/mol. The second-order valence-corrected chi connectivity index (χ2v) is 4.80. The third-order valence-corrected chi connectivity index (χ3v) is 3.35. The number of hydrogen-bond donors (Lipinski definition) is 2. The molecule has 0 aliphatic heterocycles. The van der Waals surface area contributed by atoms with E-state index in [2.05, 4.69) is 15.9 Å². The van der Waals surface area contributed by atoms with Gasteiger partial charge in [0.15, 0.2) is 0 Å². The molecular formula is C14H12BrNO3. The van der Waals surface area contributed by atoms with Gasteiger partial charge in [-0.2, -0.15) is 0 Å². The monoisotopic (exact) mass is 321 g/mol. The minimum absolute atomic E-state index is 0.0621. The first-order valence-corrected chi connectivity index (χ1v) is 6.36. The Balaban J connectivity index is 2.20. The summed E-state index contributed by atoms with van der Waals surface area (Å²) >= 11 is 3.41. The predicted molar refractivity (Wildman–Crippen MR) is 76.3 cm³/mol. The normalized spacial score (nSPS) is 10.2. The molecule has 0 saturated heterocycles. The van der Waals surface area contributed by atoms with E-state index in [4.69, 9.17) is 15.6 Å². The quantitative estimate of drug-likeness (QED) is 0.847. The van der Waals surface area contributed by atoms with Crippen LogP contribution in [0.2, 0.25) is 0 Å². The van der Waals surface area contributed by atoms with Crippen molar-refractivity contribution in [2.45, 2.75) is 6.61 Å². The first kappa shape index (κ1) is 13.4. The molecule has 3 N–H and O–H groups in total. The molecule has 19 heavy (non-hydrogen) atoms. The summed E-state index contributed by atoms with van der Waals surface area (Å²) in [4.78, 5) is 11.1. The highest BCUT2D eigenvalue weighted by atomic mass is 79.9. The first-order valence-electron chi connectivity index (χ1n) is 5.57. The molecule has 0 saturated carbocycles. The maximum Gasteiger partial charge on any atom is 0.339 e. The van der Waals surface area contributed by atoms with Gasteiger partial charge in [-0.15, -0.1) is 0 Å². The van der Waals surface area contributed by atoms with Crippen molar-refractivity contribution in [3.05, 3.63) is 58.1 Å². The number of carboxylic acids is 1. The van der Waals surface area contributed by atoms with Gasteiger partial charge in [-0.25, -0.2) is 4.79 Å². The fourth-order valence-corrected chi connectivity index (χ4v) is 2.01. The van der Waals surface area contributed by atoms with E-state index in [0.717, 1.165) is 10.0 Å². The van der Waals surface area contributed by atoms with E-state index in [1.165, 1.54) is 6.07 Å². The molecule has 0 fully saturated rings. The number of anilines is 1. The van der Waals surface area contributed by atoms with Gasteiger partial charge in [0.2, 0.25) is 0 Å². The zero-order valence-corrected chi connectivity index (χ0v) is 11.6. The van der Waals surface area contributed by atoms with Gasteiger partial charge < -0.3 is 15.6 Å². The van der Waals surface area contributed by atoms with E-state index in [1.54, 1.807) is 12.1 Å². The van der Waals surface area contributed by atoms with Gasteiger partial charge in [0.25, 0.3) is 0 Å².